The van der Waals surface area contributed by atoms with Gasteiger partial charge in [0.25, 0.3) is 10.9 Å². The average molecular weight is 384 g/mol. The van der Waals surface area contributed by atoms with Gasteiger partial charge in [-0.25, -0.2) is 0 Å². The molecule has 0 aliphatic rings. The average Bonchev–Trinajstić information content (AvgIpc) is 3.10. The third-order valence-electron chi connectivity index (χ3n) is 3.64. The van der Waals surface area contributed by atoms with Gasteiger partial charge in [-0.3, -0.25) is 14.9 Å². The Balaban J connectivity index is 1.67. The van der Waals surface area contributed by atoms with E-state index in [9.17, 15) is 14.9 Å². The summed E-state index contributed by atoms with van der Waals surface area (Å²) in [5.41, 5.74) is 2.15. The molecule has 0 radical (unpaired) electrons. The molecule has 1 N–H and O–H groups in total. The quantitative estimate of drug-likeness (QED) is 0.387. The second kappa shape index (κ2) is 8.00. The lowest BCUT2D eigenvalue weighted by Gasteiger charge is -2.10. The fourth-order valence-corrected chi connectivity index (χ4v) is 2.98. The number of rotatable bonds is 6. The zero-order chi connectivity index (χ0) is 19.4. The summed E-state index contributed by atoms with van der Waals surface area (Å²) in [7, 11) is 0. The minimum Gasteiger partial charge on any atom is -0.411 e. The van der Waals surface area contributed by atoms with Gasteiger partial charge in [0, 0.05) is 23.4 Å². The van der Waals surface area contributed by atoms with Crippen molar-refractivity contribution in [2.24, 2.45) is 0 Å². The molecule has 0 bridgehead atoms. The van der Waals surface area contributed by atoms with E-state index in [2.05, 4.69) is 15.5 Å². The number of nitrogens with zero attached hydrogens (tertiary/aromatic N) is 3. The zero-order valence-corrected chi connectivity index (χ0v) is 15.4. The molecule has 8 nitrogen and oxygen atoms in total. The first-order valence-electron chi connectivity index (χ1n) is 8.05. The molecule has 0 spiro atoms. The zero-order valence-electron chi connectivity index (χ0n) is 14.6. The van der Waals surface area contributed by atoms with Crippen molar-refractivity contribution in [2.75, 3.05) is 5.32 Å². The summed E-state index contributed by atoms with van der Waals surface area (Å²) in [5, 5.41) is 21.3. The highest BCUT2D eigenvalue weighted by atomic mass is 32.2. The number of hydrogen-bond donors (Lipinski definition) is 1. The van der Waals surface area contributed by atoms with Crippen molar-refractivity contribution in [3.05, 3.63) is 64.2 Å². The molecule has 1 heterocycles. The monoisotopic (exact) mass is 384 g/mol. The van der Waals surface area contributed by atoms with Gasteiger partial charge >= 0.3 is 0 Å². The molecule has 9 heteroatoms. The number of nitro groups is 1. The highest BCUT2D eigenvalue weighted by molar-refractivity contribution is 8.00. The van der Waals surface area contributed by atoms with Gasteiger partial charge in [0.2, 0.25) is 11.8 Å². The van der Waals surface area contributed by atoms with Crippen LogP contribution in [0.2, 0.25) is 0 Å². The molecule has 0 fully saturated rings. The summed E-state index contributed by atoms with van der Waals surface area (Å²) in [6, 6.07) is 13.4. The SMILES string of the molecule is Cc1cccc(NC(=O)[C@H](C)Sc2nnc(-c3cccc([N+](=O)[O-])c3)o2)c1. The molecule has 0 saturated carbocycles. The van der Waals surface area contributed by atoms with E-state index < -0.39 is 10.2 Å². The van der Waals surface area contributed by atoms with Crippen LogP contribution in [0.4, 0.5) is 11.4 Å². The first-order valence-corrected chi connectivity index (χ1v) is 8.93. The van der Waals surface area contributed by atoms with E-state index in [1.54, 1.807) is 19.1 Å². The number of hydrogen-bond acceptors (Lipinski definition) is 7. The third kappa shape index (κ3) is 4.70. The number of carbonyl (C=O) groups excluding carboxylic acids is 1. The van der Waals surface area contributed by atoms with Crippen LogP contribution in [0.1, 0.15) is 12.5 Å². The Bertz CT molecular complexity index is 989. The van der Waals surface area contributed by atoms with E-state index in [1.165, 1.54) is 12.1 Å². The third-order valence-corrected chi connectivity index (χ3v) is 4.58. The molecule has 0 aliphatic carbocycles. The summed E-state index contributed by atoms with van der Waals surface area (Å²) in [6.45, 7) is 3.68. The van der Waals surface area contributed by atoms with E-state index in [4.69, 9.17) is 4.42 Å². The molecule has 1 atom stereocenters. The molecule has 2 aromatic carbocycles. The van der Waals surface area contributed by atoms with Crippen LogP contribution in [0.3, 0.4) is 0 Å². The Hall–Kier alpha value is -3.20. The van der Waals surface area contributed by atoms with Crippen molar-refractivity contribution >= 4 is 29.0 Å². The number of thioether (sulfide) groups is 1. The van der Waals surface area contributed by atoms with Crippen molar-refractivity contribution in [3.63, 3.8) is 0 Å². The number of non-ortho nitro benzene ring substituents is 1. The maximum absolute atomic E-state index is 12.3. The van der Waals surface area contributed by atoms with Gasteiger partial charge in [-0.05, 0) is 37.6 Å². The molecule has 27 heavy (non-hydrogen) atoms. The topological polar surface area (TPSA) is 111 Å². The number of benzene rings is 2. The summed E-state index contributed by atoms with van der Waals surface area (Å²) < 4.78 is 5.53. The first kappa shape index (κ1) is 18.6. The maximum Gasteiger partial charge on any atom is 0.277 e. The smallest absolute Gasteiger partial charge is 0.277 e. The minimum atomic E-state index is -0.493. The van der Waals surface area contributed by atoms with E-state index in [0.717, 1.165) is 23.0 Å². The van der Waals surface area contributed by atoms with Crippen molar-refractivity contribution < 1.29 is 14.1 Å². The number of amides is 1. The van der Waals surface area contributed by atoms with E-state index >= 15 is 0 Å². The van der Waals surface area contributed by atoms with Crippen LogP contribution < -0.4 is 5.32 Å². The lowest BCUT2D eigenvalue weighted by molar-refractivity contribution is -0.384. The second-order valence-corrected chi connectivity index (χ2v) is 7.09. The van der Waals surface area contributed by atoms with Crippen molar-refractivity contribution in [2.45, 2.75) is 24.3 Å². The maximum atomic E-state index is 12.3. The highest BCUT2D eigenvalue weighted by Crippen LogP contribution is 2.28. The van der Waals surface area contributed by atoms with Gasteiger partial charge < -0.3 is 9.73 Å². The normalized spacial score (nSPS) is 11.8. The fourth-order valence-electron chi connectivity index (χ4n) is 2.30. The number of aromatic nitrogens is 2. The van der Waals surface area contributed by atoms with Crippen molar-refractivity contribution in [3.8, 4) is 11.5 Å². The lowest BCUT2D eigenvalue weighted by Crippen LogP contribution is -2.22. The molecule has 1 aromatic heterocycles. The van der Waals surface area contributed by atoms with Crippen molar-refractivity contribution in [1.82, 2.24) is 10.2 Å². The summed E-state index contributed by atoms with van der Waals surface area (Å²) >= 11 is 1.11. The summed E-state index contributed by atoms with van der Waals surface area (Å²) in [4.78, 5) is 22.7. The highest BCUT2D eigenvalue weighted by Gasteiger charge is 2.19. The van der Waals surface area contributed by atoms with Gasteiger partial charge in [-0.15, -0.1) is 10.2 Å². The van der Waals surface area contributed by atoms with Gasteiger partial charge in [-0.1, -0.05) is 30.0 Å². The standard InChI is InChI=1S/C18H16N4O4S/c1-11-5-3-7-14(9-11)19-16(23)12(2)27-18-21-20-17(26-18)13-6-4-8-15(10-13)22(24)25/h3-10,12H,1-2H3,(H,19,23)/t12-/m0/s1. The Kier molecular flexibility index (Phi) is 5.51. The first-order chi connectivity index (χ1) is 12.9. The predicted octanol–water partition coefficient (Wildman–Crippen LogP) is 4.07. The molecular weight excluding hydrogens is 368 g/mol. The van der Waals surface area contributed by atoms with E-state index in [1.807, 2.05) is 31.2 Å². The molecule has 0 unspecified atom stereocenters. The number of carbonyl (C=O) groups is 1. The lowest BCUT2D eigenvalue weighted by atomic mass is 10.2. The van der Waals surface area contributed by atoms with E-state index in [-0.39, 0.29) is 22.7 Å². The van der Waals surface area contributed by atoms with Gasteiger partial charge in [0.1, 0.15) is 0 Å². The van der Waals surface area contributed by atoms with Crippen LogP contribution in [0, 0.1) is 17.0 Å². The van der Waals surface area contributed by atoms with Gasteiger partial charge in [-0.2, -0.15) is 0 Å². The molecule has 0 saturated heterocycles. The molecule has 3 aromatic rings. The molecule has 1 amide bonds. The molecular formula is C18H16N4O4S. The molecule has 3 rings (SSSR count). The Labute approximate surface area is 159 Å². The minimum absolute atomic E-state index is 0.0641. The Morgan fingerprint density at radius 1 is 1.22 bits per heavy atom. The predicted molar refractivity (Wildman–Crippen MR) is 102 cm³/mol. The van der Waals surface area contributed by atoms with Crippen LogP contribution in [0.15, 0.2) is 58.2 Å². The summed E-state index contributed by atoms with van der Waals surface area (Å²) in [5.74, 6) is -0.0341. The van der Waals surface area contributed by atoms with Crippen LogP contribution in [-0.2, 0) is 4.79 Å². The fraction of sp³-hybridized carbons (Fsp3) is 0.167. The van der Waals surface area contributed by atoms with Crippen LogP contribution in [0.25, 0.3) is 11.5 Å². The number of anilines is 1. The summed E-state index contributed by atoms with van der Waals surface area (Å²) in [6.07, 6.45) is 0. The van der Waals surface area contributed by atoms with Crippen LogP contribution >= 0.6 is 11.8 Å². The van der Waals surface area contributed by atoms with Crippen molar-refractivity contribution in [1.29, 1.82) is 0 Å². The number of aryl methyl sites for hydroxylation is 1. The Morgan fingerprint density at radius 2 is 2.00 bits per heavy atom. The largest absolute Gasteiger partial charge is 0.411 e. The van der Waals surface area contributed by atoms with Crippen LogP contribution in [-0.4, -0.2) is 26.3 Å². The number of nitro benzene ring substituents is 1. The van der Waals surface area contributed by atoms with Crippen LogP contribution in [0.5, 0.6) is 0 Å². The van der Waals surface area contributed by atoms with Gasteiger partial charge in [0.15, 0.2) is 0 Å². The molecule has 138 valence electrons. The van der Waals surface area contributed by atoms with Gasteiger partial charge in [0.05, 0.1) is 10.2 Å². The second-order valence-electron chi connectivity index (χ2n) is 5.80. The number of nitrogens with one attached hydrogen (secondary N) is 1. The molecule has 0 aliphatic heterocycles. The Morgan fingerprint density at radius 3 is 2.74 bits per heavy atom. The van der Waals surface area contributed by atoms with E-state index in [0.29, 0.717) is 5.56 Å².